The number of hydrogen-bond acceptors (Lipinski definition) is 5. The molecule has 0 spiro atoms. The van der Waals surface area contributed by atoms with Gasteiger partial charge in [-0.1, -0.05) is 0 Å². The van der Waals surface area contributed by atoms with Crippen LogP contribution in [0, 0.1) is 5.92 Å². The first-order chi connectivity index (χ1) is 8.29. The minimum absolute atomic E-state index is 0.0411. The van der Waals surface area contributed by atoms with Crippen LogP contribution in [0.1, 0.15) is 12.8 Å². The maximum absolute atomic E-state index is 11.5. The minimum atomic E-state index is 0.0411. The number of aromatic nitrogens is 2. The van der Waals surface area contributed by atoms with Crippen LogP contribution in [0.4, 0.5) is 11.6 Å². The van der Waals surface area contributed by atoms with E-state index in [0.717, 1.165) is 12.8 Å². The molecule has 2 rings (SSSR count). The average molecular weight is 236 g/mol. The molecule has 0 radical (unpaired) electrons. The van der Waals surface area contributed by atoms with Crippen molar-refractivity contribution in [3.8, 4) is 0 Å². The normalized spacial score (nSPS) is 14.4. The lowest BCUT2D eigenvalue weighted by atomic mass is 10.4. The molecule has 6 heteroatoms. The van der Waals surface area contributed by atoms with Gasteiger partial charge in [0.1, 0.15) is 5.82 Å². The Labute approximate surface area is 99.8 Å². The molecule has 1 aromatic rings. The topological polar surface area (TPSA) is 76.1 Å². The predicted molar refractivity (Wildman–Crippen MR) is 63.8 cm³/mol. The summed E-state index contributed by atoms with van der Waals surface area (Å²) in [5.74, 6) is 1.39. The highest BCUT2D eigenvalue weighted by molar-refractivity contribution is 5.93. The van der Waals surface area contributed by atoms with Gasteiger partial charge in [0.2, 0.25) is 5.91 Å². The summed E-state index contributed by atoms with van der Waals surface area (Å²) in [4.78, 5) is 11.5. The van der Waals surface area contributed by atoms with Crippen molar-refractivity contribution < 1.29 is 9.53 Å². The molecule has 0 saturated heterocycles. The van der Waals surface area contributed by atoms with Crippen molar-refractivity contribution in [2.24, 2.45) is 5.92 Å². The van der Waals surface area contributed by atoms with Gasteiger partial charge in [0, 0.05) is 19.6 Å². The molecular weight excluding hydrogens is 220 g/mol. The van der Waals surface area contributed by atoms with Gasteiger partial charge in [-0.3, -0.25) is 4.79 Å². The van der Waals surface area contributed by atoms with E-state index in [1.807, 2.05) is 0 Å². The molecule has 1 aliphatic carbocycles. The SMILES string of the molecule is COCCNc1ccc(NC(=O)C2CC2)nn1. The predicted octanol–water partition coefficient (Wildman–Crippen LogP) is 0.883. The van der Waals surface area contributed by atoms with Crippen LogP contribution in [0.3, 0.4) is 0 Å². The number of nitrogens with zero attached hydrogens (tertiary/aromatic N) is 2. The Morgan fingerprint density at radius 1 is 1.41 bits per heavy atom. The molecule has 0 aliphatic heterocycles. The number of ether oxygens (including phenoxy) is 1. The van der Waals surface area contributed by atoms with Crippen LogP contribution in [-0.4, -0.2) is 36.4 Å². The fraction of sp³-hybridized carbons (Fsp3) is 0.545. The standard InChI is InChI=1S/C11H16N4O2/c1-17-7-6-12-9-4-5-10(15-14-9)13-11(16)8-2-3-8/h4-5,8H,2-3,6-7H2,1H3,(H,12,14)(H,13,15,16). The van der Waals surface area contributed by atoms with Gasteiger partial charge in [0.25, 0.3) is 0 Å². The quantitative estimate of drug-likeness (QED) is 0.717. The number of hydrogen-bond donors (Lipinski definition) is 2. The molecule has 0 atom stereocenters. The van der Waals surface area contributed by atoms with Crippen molar-refractivity contribution in [2.45, 2.75) is 12.8 Å². The fourth-order valence-electron chi connectivity index (χ4n) is 1.35. The van der Waals surface area contributed by atoms with Gasteiger partial charge in [-0.05, 0) is 25.0 Å². The maximum Gasteiger partial charge on any atom is 0.228 e. The van der Waals surface area contributed by atoms with Gasteiger partial charge < -0.3 is 15.4 Å². The summed E-state index contributed by atoms with van der Waals surface area (Å²) in [6, 6.07) is 3.52. The van der Waals surface area contributed by atoms with E-state index >= 15 is 0 Å². The van der Waals surface area contributed by atoms with E-state index in [4.69, 9.17) is 4.74 Å². The molecule has 2 N–H and O–H groups in total. The largest absolute Gasteiger partial charge is 0.383 e. The van der Waals surface area contributed by atoms with Gasteiger partial charge in [-0.15, -0.1) is 10.2 Å². The first-order valence-electron chi connectivity index (χ1n) is 5.67. The van der Waals surface area contributed by atoms with Crippen molar-refractivity contribution >= 4 is 17.5 Å². The highest BCUT2D eigenvalue weighted by Gasteiger charge is 2.29. The summed E-state index contributed by atoms with van der Waals surface area (Å²) in [6.45, 7) is 1.29. The Balaban J connectivity index is 1.82. The van der Waals surface area contributed by atoms with E-state index in [1.165, 1.54) is 0 Å². The summed E-state index contributed by atoms with van der Waals surface area (Å²) in [7, 11) is 1.64. The summed E-state index contributed by atoms with van der Waals surface area (Å²) < 4.78 is 4.91. The molecule has 1 amide bonds. The fourth-order valence-corrected chi connectivity index (χ4v) is 1.35. The van der Waals surface area contributed by atoms with E-state index < -0.39 is 0 Å². The van der Waals surface area contributed by atoms with Crippen LogP contribution in [-0.2, 0) is 9.53 Å². The van der Waals surface area contributed by atoms with E-state index in [9.17, 15) is 4.79 Å². The van der Waals surface area contributed by atoms with E-state index in [1.54, 1.807) is 19.2 Å². The number of rotatable bonds is 6. The van der Waals surface area contributed by atoms with Crippen LogP contribution >= 0.6 is 0 Å². The molecule has 0 unspecified atom stereocenters. The summed E-state index contributed by atoms with van der Waals surface area (Å²) in [5.41, 5.74) is 0. The lowest BCUT2D eigenvalue weighted by Gasteiger charge is -2.05. The molecule has 6 nitrogen and oxygen atoms in total. The van der Waals surface area contributed by atoms with Gasteiger partial charge in [-0.25, -0.2) is 0 Å². The van der Waals surface area contributed by atoms with Crippen molar-refractivity contribution in [2.75, 3.05) is 30.9 Å². The van der Waals surface area contributed by atoms with Crippen LogP contribution in [0.15, 0.2) is 12.1 Å². The lowest BCUT2D eigenvalue weighted by Crippen LogP contribution is -2.15. The van der Waals surface area contributed by atoms with Crippen molar-refractivity contribution in [1.29, 1.82) is 0 Å². The van der Waals surface area contributed by atoms with Crippen LogP contribution in [0.5, 0.6) is 0 Å². The Kier molecular flexibility index (Phi) is 3.87. The summed E-state index contributed by atoms with van der Waals surface area (Å²) in [6.07, 6.45) is 1.96. The third-order valence-corrected chi connectivity index (χ3v) is 2.48. The Morgan fingerprint density at radius 3 is 2.71 bits per heavy atom. The number of carbonyl (C=O) groups is 1. The van der Waals surface area contributed by atoms with Crippen LogP contribution in [0.2, 0.25) is 0 Å². The zero-order valence-corrected chi connectivity index (χ0v) is 9.77. The molecule has 92 valence electrons. The first kappa shape index (κ1) is 11.8. The van der Waals surface area contributed by atoms with E-state index in [0.29, 0.717) is 24.8 Å². The molecule has 1 fully saturated rings. The highest BCUT2D eigenvalue weighted by atomic mass is 16.5. The smallest absolute Gasteiger partial charge is 0.228 e. The molecule has 1 heterocycles. The Bertz CT molecular complexity index is 376. The molecule has 0 bridgehead atoms. The van der Waals surface area contributed by atoms with Gasteiger partial charge >= 0.3 is 0 Å². The maximum atomic E-state index is 11.5. The second-order valence-corrected chi connectivity index (χ2v) is 3.99. The van der Waals surface area contributed by atoms with Crippen LogP contribution in [0.25, 0.3) is 0 Å². The molecule has 1 aromatic heterocycles. The third-order valence-electron chi connectivity index (χ3n) is 2.48. The van der Waals surface area contributed by atoms with Crippen molar-refractivity contribution in [1.82, 2.24) is 10.2 Å². The van der Waals surface area contributed by atoms with E-state index in [2.05, 4.69) is 20.8 Å². The average Bonchev–Trinajstić information content (AvgIpc) is 3.16. The number of amides is 1. The van der Waals surface area contributed by atoms with Crippen molar-refractivity contribution in [3.63, 3.8) is 0 Å². The van der Waals surface area contributed by atoms with Gasteiger partial charge in [0.05, 0.1) is 6.61 Å². The summed E-state index contributed by atoms with van der Waals surface area (Å²) >= 11 is 0. The minimum Gasteiger partial charge on any atom is -0.383 e. The molecule has 1 aliphatic rings. The molecule has 1 saturated carbocycles. The van der Waals surface area contributed by atoms with E-state index in [-0.39, 0.29) is 11.8 Å². The Hall–Kier alpha value is -1.69. The lowest BCUT2D eigenvalue weighted by molar-refractivity contribution is -0.117. The third kappa shape index (κ3) is 3.67. The second-order valence-electron chi connectivity index (χ2n) is 3.99. The number of anilines is 2. The number of carbonyl (C=O) groups excluding carboxylic acids is 1. The zero-order chi connectivity index (χ0) is 12.1. The molecular formula is C11H16N4O2. The van der Waals surface area contributed by atoms with Gasteiger partial charge in [0.15, 0.2) is 5.82 Å². The molecule has 17 heavy (non-hydrogen) atoms. The Morgan fingerprint density at radius 2 is 2.12 bits per heavy atom. The molecule has 0 aromatic carbocycles. The first-order valence-corrected chi connectivity index (χ1v) is 5.67. The highest BCUT2D eigenvalue weighted by Crippen LogP contribution is 2.29. The number of methoxy groups -OCH3 is 1. The monoisotopic (exact) mass is 236 g/mol. The van der Waals surface area contributed by atoms with Crippen molar-refractivity contribution in [3.05, 3.63) is 12.1 Å². The summed E-state index contributed by atoms with van der Waals surface area (Å²) in [5, 5.41) is 13.7. The van der Waals surface area contributed by atoms with Crippen LogP contribution < -0.4 is 10.6 Å². The zero-order valence-electron chi connectivity index (χ0n) is 9.77. The second kappa shape index (κ2) is 5.58. The van der Waals surface area contributed by atoms with Gasteiger partial charge in [-0.2, -0.15) is 0 Å². The number of nitrogens with one attached hydrogen (secondary N) is 2.